The summed E-state index contributed by atoms with van der Waals surface area (Å²) in [6.07, 6.45) is -2.07. The summed E-state index contributed by atoms with van der Waals surface area (Å²) in [6, 6.07) is 0.532. The van der Waals surface area contributed by atoms with Crippen LogP contribution in [0, 0.1) is 18.6 Å². The van der Waals surface area contributed by atoms with E-state index in [4.69, 9.17) is 4.74 Å². The molecule has 6 nitrogen and oxygen atoms in total. The van der Waals surface area contributed by atoms with Gasteiger partial charge in [-0.1, -0.05) is 0 Å². The van der Waals surface area contributed by atoms with Crippen molar-refractivity contribution in [2.45, 2.75) is 32.0 Å². The van der Waals surface area contributed by atoms with Crippen molar-refractivity contribution in [3.05, 3.63) is 35.0 Å². The number of aromatic nitrogens is 3. The molecule has 0 unspecified atom stereocenters. The number of phenolic OH excluding ortho intramolecular Hbond substituents is 1. The molecule has 0 saturated carbocycles. The molecule has 1 aliphatic heterocycles. The van der Waals surface area contributed by atoms with E-state index in [0.717, 1.165) is 12.8 Å². The lowest BCUT2D eigenvalue weighted by atomic mass is 10.0. The summed E-state index contributed by atoms with van der Waals surface area (Å²) in [5.74, 6) is -4.61. The maximum Gasteiger partial charge on any atom is 0.419 e. The van der Waals surface area contributed by atoms with E-state index in [2.05, 4.69) is 10.1 Å². The molecule has 32 heavy (non-hydrogen) atoms. The van der Waals surface area contributed by atoms with Gasteiger partial charge in [0.05, 0.1) is 11.1 Å². The number of hydrogen-bond donors (Lipinski definition) is 1. The van der Waals surface area contributed by atoms with Crippen molar-refractivity contribution in [3.63, 3.8) is 0 Å². The molecular weight excluding hydrogens is 435 g/mol. The lowest BCUT2D eigenvalue weighted by Gasteiger charge is -2.33. The molecule has 3 aromatic rings. The largest absolute Gasteiger partial charge is 0.503 e. The van der Waals surface area contributed by atoms with Crippen molar-refractivity contribution in [1.29, 1.82) is 0 Å². The number of halogens is 5. The Kier molecular flexibility index (Phi) is 5.48. The standard InChI is InChI=1S/C21H21F5N4O2/c1-10-18-13(9-27-20(10)29(2)11-4-6-32-7-5-11)17(28-30(18)3)12-8-14(21(24,25)26)16(23)19(31)15(12)22/h8-9,11,31H,4-7H2,1-3H3. The van der Waals surface area contributed by atoms with Crippen molar-refractivity contribution in [2.24, 2.45) is 7.05 Å². The Bertz CT molecular complexity index is 1190. The number of rotatable bonds is 3. The topological polar surface area (TPSA) is 63.4 Å². The van der Waals surface area contributed by atoms with Crippen molar-refractivity contribution in [1.82, 2.24) is 14.8 Å². The molecular formula is C21H21F5N4O2. The third-order valence-electron chi connectivity index (χ3n) is 5.90. The fraction of sp³-hybridized carbons (Fsp3) is 0.429. The van der Waals surface area contributed by atoms with Gasteiger partial charge in [0.2, 0.25) is 0 Å². The number of ether oxygens (including phenoxy) is 1. The van der Waals surface area contributed by atoms with Crippen molar-refractivity contribution >= 4 is 16.7 Å². The van der Waals surface area contributed by atoms with Crippen LogP contribution in [0.2, 0.25) is 0 Å². The van der Waals surface area contributed by atoms with E-state index in [1.165, 1.54) is 10.9 Å². The Balaban J connectivity index is 1.88. The molecule has 1 fully saturated rings. The van der Waals surface area contributed by atoms with Gasteiger partial charge in [-0.3, -0.25) is 4.68 Å². The second-order valence-electron chi connectivity index (χ2n) is 7.84. The molecule has 1 N–H and O–H groups in total. The van der Waals surface area contributed by atoms with Crippen LogP contribution in [-0.2, 0) is 18.0 Å². The average Bonchev–Trinajstić information content (AvgIpc) is 3.08. The number of alkyl halides is 3. The first-order valence-corrected chi connectivity index (χ1v) is 9.93. The number of anilines is 1. The summed E-state index contributed by atoms with van der Waals surface area (Å²) in [6.45, 7) is 3.08. The molecule has 2 aromatic heterocycles. The average molecular weight is 456 g/mol. The van der Waals surface area contributed by atoms with E-state index in [9.17, 15) is 27.1 Å². The Morgan fingerprint density at radius 2 is 1.84 bits per heavy atom. The highest BCUT2D eigenvalue weighted by atomic mass is 19.4. The zero-order valence-electron chi connectivity index (χ0n) is 17.6. The number of aryl methyl sites for hydroxylation is 2. The first kappa shape index (κ1) is 22.3. The van der Waals surface area contributed by atoms with Gasteiger partial charge in [-0.2, -0.15) is 18.3 Å². The maximum absolute atomic E-state index is 14.7. The van der Waals surface area contributed by atoms with Gasteiger partial charge in [-0.25, -0.2) is 13.8 Å². The number of phenols is 1. The van der Waals surface area contributed by atoms with Crippen LogP contribution in [0.3, 0.4) is 0 Å². The summed E-state index contributed by atoms with van der Waals surface area (Å²) in [5, 5.41) is 14.1. The quantitative estimate of drug-likeness (QED) is 0.586. The number of nitrogens with zero attached hydrogens (tertiary/aromatic N) is 4. The normalized spacial score (nSPS) is 15.5. The fourth-order valence-corrected chi connectivity index (χ4v) is 4.24. The second-order valence-corrected chi connectivity index (χ2v) is 7.84. The fourth-order valence-electron chi connectivity index (χ4n) is 4.24. The lowest BCUT2D eigenvalue weighted by Crippen LogP contribution is -2.37. The number of benzene rings is 1. The van der Waals surface area contributed by atoms with Gasteiger partial charge < -0.3 is 14.7 Å². The van der Waals surface area contributed by atoms with Gasteiger partial charge in [-0.15, -0.1) is 0 Å². The minimum absolute atomic E-state index is 0.170. The summed E-state index contributed by atoms with van der Waals surface area (Å²) in [5.41, 5.74) is -1.35. The molecule has 0 spiro atoms. The highest BCUT2D eigenvalue weighted by molar-refractivity contribution is 5.96. The van der Waals surface area contributed by atoms with Crippen LogP contribution in [0.25, 0.3) is 22.2 Å². The summed E-state index contributed by atoms with van der Waals surface area (Å²) in [4.78, 5) is 6.50. The molecule has 0 amide bonds. The molecule has 0 bridgehead atoms. The molecule has 0 atom stereocenters. The monoisotopic (exact) mass is 456 g/mol. The molecule has 172 valence electrons. The van der Waals surface area contributed by atoms with Crippen LogP contribution in [0.15, 0.2) is 12.3 Å². The molecule has 0 radical (unpaired) electrons. The molecule has 4 rings (SSSR count). The lowest BCUT2D eigenvalue weighted by molar-refractivity contribution is -0.140. The van der Waals surface area contributed by atoms with Crippen molar-refractivity contribution in [2.75, 3.05) is 25.2 Å². The van der Waals surface area contributed by atoms with E-state index in [0.29, 0.717) is 36.2 Å². The van der Waals surface area contributed by atoms with Gasteiger partial charge in [-0.05, 0) is 25.8 Å². The summed E-state index contributed by atoms with van der Waals surface area (Å²) >= 11 is 0. The number of pyridine rings is 1. The SMILES string of the molecule is Cc1c(N(C)C2CCOCC2)ncc2c(-c3cc(C(F)(F)F)c(F)c(O)c3F)nn(C)c12. The molecule has 1 saturated heterocycles. The highest BCUT2D eigenvalue weighted by Gasteiger charge is 2.38. The third kappa shape index (κ3) is 3.54. The molecule has 3 heterocycles. The van der Waals surface area contributed by atoms with Crippen LogP contribution < -0.4 is 4.90 Å². The van der Waals surface area contributed by atoms with Gasteiger partial charge in [0.25, 0.3) is 0 Å². The van der Waals surface area contributed by atoms with Crippen LogP contribution in [0.1, 0.15) is 24.0 Å². The van der Waals surface area contributed by atoms with Crippen LogP contribution in [0.5, 0.6) is 5.75 Å². The Labute approximate surface area is 180 Å². The van der Waals surface area contributed by atoms with E-state index in [1.807, 2.05) is 11.9 Å². The molecule has 1 aromatic carbocycles. The minimum atomic E-state index is -5.12. The maximum atomic E-state index is 14.7. The summed E-state index contributed by atoms with van der Waals surface area (Å²) < 4.78 is 75.1. The van der Waals surface area contributed by atoms with Crippen molar-refractivity contribution < 1.29 is 31.8 Å². The second kappa shape index (κ2) is 7.88. The molecule has 11 heteroatoms. The predicted octanol–water partition coefficient (Wildman–Crippen LogP) is 4.56. The first-order valence-electron chi connectivity index (χ1n) is 9.93. The number of fused-ring (bicyclic) bond motifs is 1. The number of aromatic hydroxyl groups is 1. The molecule has 1 aliphatic rings. The van der Waals surface area contributed by atoms with Crippen LogP contribution in [0.4, 0.5) is 27.8 Å². The van der Waals surface area contributed by atoms with Gasteiger partial charge in [0, 0.05) is 56.1 Å². The minimum Gasteiger partial charge on any atom is -0.503 e. The third-order valence-corrected chi connectivity index (χ3v) is 5.90. The number of hydrogen-bond acceptors (Lipinski definition) is 5. The van der Waals surface area contributed by atoms with Crippen molar-refractivity contribution in [3.8, 4) is 17.0 Å². The molecule has 0 aliphatic carbocycles. The van der Waals surface area contributed by atoms with Crippen LogP contribution in [-0.4, -0.2) is 46.2 Å². The Hall–Kier alpha value is -2.95. The van der Waals surface area contributed by atoms with E-state index >= 15 is 0 Å². The first-order chi connectivity index (χ1) is 15.0. The van der Waals surface area contributed by atoms with E-state index < -0.39 is 34.7 Å². The van der Waals surface area contributed by atoms with Crippen LogP contribution >= 0.6 is 0 Å². The Morgan fingerprint density at radius 3 is 2.47 bits per heavy atom. The predicted molar refractivity (Wildman–Crippen MR) is 108 cm³/mol. The van der Waals surface area contributed by atoms with E-state index in [-0.39, 0.29) is 17.1 Å². The van der Waals surface area contributed by atoms with E-state index in [1.54, 1.807) is 14.0 Å². The zero-order chi connectivity index (χ0) is 23.4. The van der Waals surface area contributed by atoms with Gasteiger partial charge in [0.1, 0.15) is 11.5 Å². The Morgan fingerprint density at radius 1 is 1.19 bits per heavy atom. The van der Waals surface area contributed by atoms with Gasteiger partial charge >= 0.3 is 6.18 Å². The summed E-state index contributed by atoms with van der Waals surface area (Å²) in [7, 11) is 3.48. The zero-order valence-corrected chi connectivity index (χ0v) is 17.6. The van der Waals surface area contributed by atoms with Gasteiger partial charge in [0.15, 0.2) is 17.4 Å². The highest BCUT2D eigenvalue weighted by Crippen LogP contribution is 2.42. The smallest absolute Gasteiger partial charge is 0.419 e.